The van der Waals surface area contributed by atoms with Gasteiger partial charge in [0.05, 0.1) is 6.54 Å². The number of hydrogen-bond acceptors (Lipinski definition) is 1. The SMILES string of the molecule is CN(C)C(=NCc1cccc(F)c1)NCc1ccccc1. The van der Waals surface area contributed by atoms with Crippen molar-refractivity contribution in [3.63, 3.8) is 0 Å². The molecule has 0 heterocycles. The van der Waals surface area contributed by atoms with Crippen LogP contribution in [0.4, 0.5) is 4.39 Å². The first-order valence-electron chi connectivity index (χ1n) is 6.89. The lowest BCUT2D eigenvalue weighted by atomic mass is 10.2. The van der Waals surface area contributed by atoms with Crippen LogP contribution in [0.1, 0.15) is 11.1 Å². The van der Waals surface area contributed by atoms with E-state index in [-0.39, 0.29) is 5.82 Å². The molecule has 0 amide bonds. The summed E-state index contributed by atoms with van der Waals surface area (Å²) in [6.45, 7) is 1.16. The first-order chi connectivity index (χ1) is 10.1. The topological polar surface area (TPSA) is 27.6 Å². The number of aliphatic imine (C=N–C) groups is 1. The Bertz CT molecular complexity index is 594. The minimum absolute atomic E-state index is 0.230. The van der Waals surface area contributed by atoms with Crippen molar-refractivity contribution >= 4 is 5.96 Å². The summed E-state index contributed by atoms with van der Waals surface area (Å²) >= 11 is 0. The van der Waals surface area contributed by atoms with Crippen molar-refractivity contribution in [1.82, 2.24) is 10.2 Å². The fraction of sp³-hybridized carbons (Fsp3) is 0.235. The molecule has 2 aromatic rings. The van der Waals surface area contributed by atoms with Gasteiger partial charge in [0.15, 0.2) is 5.96 Å². The van der Waals surface area contributed by atoms with Crippen LogP contribution in [0.15, 0.2) is 59.6 Å². The van der Waals surface area contributed by atoms with Gasteiger partial charge in [-0.05, 0) is 23.3 Å². The molecule has 0 fully saturated rings. The van der Waals surface area contributed by atoms with Gasteiger partial charge in [0.1, 0.15) is 5.82 Å². The second kappa shape index (κ2) is 7.43. The Balaban J connectivity index is 1.99. The lowest BCUT2D eigenvalue weighted by molar-refractivity contribution is 0.578. The molecule has 0 spiro atoms. The van der Waals surface area contributed by atoms with Crippen LogP contribution in [0.2, 0.25) is 0 Å². The van der Waals surface area contributed by atoms with E-state index in [1.807, 2.05) is 43.3 Å². The second-order valence-corrected chi connectivity index (χ2v) is 5.00. The molecule has 0 saturated carbocycles. The Morgan fingerprint density at radius 1 is 1.05 bits per heavy atom. The van der Waals surface area contributed by atoms with E-state index in [2.05, 4.69) is 22.4 Å². The molecule has 0 aromatic heterocycles. The summed E-state index contributed by atoms with van der Waals surface area (Å²) < 4.78 is 13.1. The summed E-state index contributed by atoms with van der Waals surface area (Å²) in [5.41, 5.74) is 2.05. The van der Waals surface area contributed by atoms with Crippen molar-refractivity contribution in [2.75, 3.05) is 14.1 Å². The van der Waals surface area contributed by atoms with Crippen LogP contribution in [-0.2, 0) is 13.1 Å². The van der Waals surface area contributed by atoms with E-state index in [1.54, 1.807) is 6.07 Å². The highest BCUT2D eigenvalue weighted by molar-refractivity contribution is 5.79. The molecule has 0 aliphatic carbocycles. The van der Waals surface area contributed by atoms with Gasteiger partial charge in [-0.3, -0.25) is 0 Å². The van der Waals surface area contributed by atoms with E-state index in [1.165, 1.54) is 17.7 Å². The van der Waals surface area contributed by atoms with Gasteiger partial charge < -0.3 is 10.2 Å². The standard InChI is InChI=1S/C17H20FN3/c1-21(2)17(19-12-14-7-4-3-5-8-14)20-13-15-9-6-10-16(18)11-15/h3-11H,12-13H2,1-2H3,(H,19,20). The van der Waals surface area contributed by atoms with Gasteiger partial charge in [0.25, 0.3) is 0 Å². The van der Waals surface area contributed by atoms with E-state index in [0.29, 0.717) is 13.1 Å². The number of halogens is 1. The van der Waals surface area contributed by atoms with Gasteiger partial charge >= 0.3 is 0 Å². The van der Waals surface area contributed by atoms with Crippen molar-refractivity contribution in [2.24, 2.45) is 4.99 Å². The predicted molar refractivity (Wildman–Crippen MR) is 84.5 cm³/mol. The lowest BCUT2D eigenvalue weighted by Gasteiger charge is -2.17. The average Bonchev–Trinajstić information content (AvgIpc) is 2.48. The third kappa shape index (κ3) is 4.91. The highest BCUT2D eigenvalue weighted by atomic mass is 19.1. The molecule has 110 valence electrons. The van der Waals surface area contributed by atoms with Crippen LogP contribution < -0.4 is 5.32 Å². The number of guanidine groups is 1. The summed E-state index contributed by atoms with van der Waals surface area (Å²) in [5.74, 6) is 0.550. The summed E-state index contributed by atoms with van der Waals surface area (Å²) in [7, 11) is 3.87. The van der Waals surface area contributed by atoms with Crippen molar-refractivity contribution in [3.8, 4) is 0 Å². The number of nitrogens with one attached hydrogen (secondary N) is 1. The molecule has 2 rings (SSSR count). The molecule has 0 aliphatic rings. The number of nitrogens with zero attached hydrogens (tertiary/aromatic N) is 2. The third-order valence-electron chi connectivity index (χ3n) is 3.02. The minimum atomic E-state index is -0.230. The monoisotopic (exact) mass is 285 g/mol. The maximum absolute atomic E-state index is 13.1. The minimum Gasteiger partial charge on any atom is -0.352 e. The molecule has 4 heteroatoms. The summed E-state index contributed by atoms with van der Waals surface area (Å²) in [4.78, 5) is 6.43. The van der Waals surface area contributed by atoms with Gasteiger partial charge in [-0.15, -0.1) is 0 Å². The fourth-order valence-electron chi connectivity index (χ4n) is 1.93. The molecule has 0 radical (unpaired) electrons. The Kier molecular flexibility index (Phi) is 5.32. The molecule has 21 heavy (non-hydrogen) atoms. The van der Waals surface area contributed by atoms with E-state index in [0.717, 1.165) is 11.5 Å². The first kappa shape index (κ1) is 15.0. The average molecular weight is 285 g/mol. The largest absolute Gasteiger partial charge is 0.352 e. The van der Waals surface area contributed by atoms with Crippen LogP contribution in [0.5, 0.6) is 0 Å². The summed E-state index contributed by atoms with van der Waals surface area (Å²) in [6, 6.07) is 16.7. The molecule has 0 bridgehead atoms. The van der Waals surface area contributed by atoms with Crippen molar-refractivity contribution in [3.05, 3.63) is 71.5 Å². The quantitative estimate of drug-likeness (QED) is 0.690. The second-order valence-electron chi connectivity index (χ2n) is 5.00. The molecular weight excluding hydrogens is 265 g/mol. The highest BCUT2D eigenvalue weighted by Crippen LogP contribution is 2.05. The molecular formula is C17H20FN3. The van der Waals surface area contributed by atoms with Crippen LogP contribution >= 0.6 is 0 Å². The number of benzene rings is 2. The maximum atomic E-state index is 13.1. The normalized spacial score (nSPS) is 11.3. The molecule has 1 N–H and O–H groups in total. The molecule has 0 atom stereocenters. The van der Waals surface area contributed by atoms with Crippen LogP contribution in [0, 0.1) is 5.82 Å². The van der Waals surface area contributed by atoms with Gasteiger partial charge in [-0.1, -0.05) is 42.5 Å². The lowest BCUT2D eigenvalue weighted by Crippen LogP contribution is -2.36. The zero-order valence-corrected chi connectivity index (χ0v) is 12.4. The van der Waals surface area contributed by atoms with E-state index in [4.69, 9.17) is 0 Å². The van der Waals surface area contributed by atoms with Gasteiger partial charge in [0, 0.05) is 20.6 Å². The van der Waals surface area contributed by atoms with Crippen molar-refractivity contribution < 1.29 is 4.39 Å². The van der Waals surface area contributed by atoms with E-state index >= 15 is 0 Å². The van der Waals surface area contributed by atoms with Crippen molar-refractivity contribution in [2.45, 2.75) is 13.1 Å². The molecule has 0 unspecified atom stereocenters. The zero-order valence-electron chi connectivity index (χ0n) is 12.4. The fourth-order valence-corrected chi connectivity index (χ4v) is 1.93. The van der Waals surface area contributed by atoms with Crippen LogP contribution in [-0.4, -0.2) is 25.0 Å². The van der Waals surface area contributed by atoms with Gasteiger partial charge in [-0.25, -0.2) is 9.38 Å². The van der Waals surface area contributed by atoms with Gasteiger partial charge in [0.2, 0.25) is 0 Å². The highest BCUT2D eigenvalue weighted by Gasteiger charge is 2.02. The van der Waals surface area contributed by atoms with E-state index < -0.39 is 0 Å². The zero-order chi connectivity index (χ0) is 15.1. The Hall–Kier alpha value is -2.36. The molecule has 2 aromatic carbocycles. The van der Waals surface area contributed by atoms with Crippen molar-refractivity contribution in [1.29, 1.82) is 0 Å². The Morgan fingerprint density at radius 3 is 2.43 bits per heavy atom. The van der Waals surface area contributed by atoms with Gasteiger partial charge in [-0.2, -0.15) is 0 Å². The Labute approximate surface area is 125 Å². The van der Waals surface area contributed by atoms with E-state index in [9.17, 15) is 4.39 Å². The third-order valence-corrected chi connectivity index (χ3v) is 3.02. The number of hydrogen-bond donors (Lipinski definition) is 1. The van der Waals surface area contributed by atoms with Crippen LogP contribution in [0.3, 0.4) is 0 Å². The smallest absolute Gasteiger partial charge is 0.194 e. The molecule has 0 saturated heterocycles. The Morgan fingerprint density at radius 2 is 1.76 bits per heavy atom. The summed E-state index contributed by atoms with van der Waals surface area (Å²) in [6.07, 6.45) is 0. The number of rotatable bonds is 4. The summed E-state index contributed by atoms with van der Waals surface area (Å²) in [5, 5.41) is 3.30. The molecule has 0 aliphatic heterocycles. The first-order valence-corrected chi connectivity index (χ1v) is 6.89. The maximum Gasteiger partial charge on any atom is 0.194 e. The van der Waals surface area contributed by atoms with Crippen LogP contribution in [0.25, 0.3) is 0 Å². The predicted octanol–water partition coefficient (Wildman–Crippen LogP) is 3.03. The molecule has 3 nitrogen and oxygen atoms in total.